The number of rotatable bonds is 6. The van der Waals surface area contributed by atoms with Crippen LogP contribution in [0.5, 0.6) is 11.5 Å². The maximum atomic E-state index is 14.1. The summed E-state index contributed by atoms with van der Waals surface area (Å²) in [5.41, 5.74) is 7.64. The first-order chi connectivity index (χ1) is 15.4. The number of ether oxygens (including phenoxy) is 2. The van der Waals surface area contributed by atoms with E-state index in [1.807, 2.05) is 20.8 Å². The van der Waals surface area contributed by atoms with Crippen molar-refractivity contribution in [1.29, 1.82) is 0 Å². The number of hydrogen-bond acceptors (Lipinski definition) is 5. The first-order valence-electron chi connectivity index (χ1n) is 11.1. The van der Waals surface area contributed by atoms with Crippen molar-refractivity contribution >= 4 is 17.3 Å². The van der Waals surface area contributed by atoms with Crippen molar-refractivity contribution in [2.75, 3.05) is 23.7 Å². The molecule has 2 aromatic rings. The fraction of sp³-hybridized carbons (Fsp3) is 0.480. The van der Waals surface area contributed by atoms with Gasteiger partial charge in [0.1, 0.15) is 17.2 Å². The first-order valence-corrected chi connectivity index (χ1v) is 11.1. The number of esters is 1. The molecule has 0 aromatic heterocycles. The molecule has 1 saturated heterocycles. The van der Waals surface area contributed by atoms with Crippen molar-refractivity contribution in [2.45, 2.75) is 59.0 Å². The molecule has 1 aliphatic heterocycles. The number of hydrogen-bond donors (Lipinski definition) is 1. The van der Waals surface area contributed by atoms with Gasteiger partial charge < -0.3 is 20.1 Å². The number of carbonyl (C=O) groups is 1. The van der Waals surface area contributed by atoms with Crippen molar-refractivity contribution in [1.82, 2.24) is 0 Å². The zero-order valence-electron chi connectivity index (χ0n) is 19.5. The number of piperidine rings is 1. The fourth-order valence-corrected chi connectivity index (χ4v) is 4.19. The van der Waals surface area contributed by atoms with Gasteiger partial charge in [-0.2, -0.15) is 0 Å². The summed E-state index contributed by atoms with van der Waals surface area (Å²) in [6.07, 6.45) is 2.95. The Labute approximate surface area is 192 Å². The van der Waals surface area contributed by atoms with E-state index < -0.39 is 28.8 Å². The molecule has 8 heteroatoms. The van der Waals surface area contributed by atoms with Crippen LogP contribution in [0.2, 0.25) is 0 Å². The van der Waals surface area contributed by atoms with Gasteiger partial charge in [-0.3, -0.25) is 4.79 Å². The Morgan fingerprint density at radius 3 is 2.48 bits per heavy atom. The summed E-state index contributed by atoms with van der Waals surface area (Å²) in [5, 5.41) is 0. The van der Waals surface area contributed by atoms with Gasteiger partial charge >= 0.3 is 5.97 Å². The molecule has 2 N–H and O–H groups in total. The van der Waals surface area contributed by atoms with Gasteiger partial charge in [-0.1, -0.05) is 0 Å². The van der Waals surface area contributed by atoms with Crippen LogP contribution >= 0.6 is 0 Å². The highest BCUT2D eigenvalue weighted by molar-refractivity contribution is 5.75. The summed E-state index contributed by atoms with van der Waals surface area (Å²) >= 11 is 0. The molecule has 5 nitrogen and oxygen atoms in total. The summed E-state index contributed by atoms with van der Waals surface area (Å²) < 4.78 is 52.3. The summed E-state index contributed by atoms with van der Waals surface area (Å²) in [6, 6.07) is 4.32. The maximum absolute atomic E-state index is 14.1. The molecule has 1 atom stereocenters. The van der Waals surface area contributed by atoms with Crippen molar-refractivity contribution < 1.29 is 27.4 Å². The molecule has 0 unspecified atom stereocenters. The number of anilines is 2. The van der Waals surface area contributed by atoms with Crippen molar-refractivity contribution in [3.05, 3.63) is 47.3 Å². The van der Waals surface area contributed by atoms with Crippen LogP contribution in [-0.2, 0) is 9.53 Å². The van der Waals surface area contributed by atoms with Crippen LogP contribution in [0.3, 0.4) is 0 Å². The quantitative estimate of drug-likeness (QED) is 0.412. The van der Waals surface area contributed by atoms with E-state index in [0.717, 1.165) is 25.1 Å². The van der Waals surface area contributed by atoms with Gasteiger partial charge in [0.25, 0.3) is 0 Å². The standard InChI is InChI=1S/C25H31F3N2O3/c1-15-21(32-24-18(27)12-17(26)13-19(24)28)9-8-20(29)23(15)30-11-5-6-16(14-30)7-10-22(31)33-25(2,3)4/h8-9,12-13,16H,5-7,10-11,14,29H2,1-4H3/t16-/m0/s1. The van der Waals surface area contributed by atoms with Gasteiger partial charge in [0.15, 0.2) is 17.4 Å². The Morgan fingerprint density at radius 1 is 1.18 bits per heavy atom. The molecule has 0 spiro atoms. The summed E-state index contributed by atoms with van der Waals surface area (Å²) in [4.78, 5) is 14.2. The second-order valence-corrected chi connectivity index (χ2v) is 9.51. The smallest absolute Gasteiger partial charge is 0.306 e. The van der Waals surface area contributed by atoms with Gasteiger partial charge in [-0.25, -0.2) is 13.2 Å². The highest BCUT2D eigenvalue weighted by Gasteiger charge is 2.26. The fourth-order valence-electron chi connectivity index (χ4n) is 4.19. The second kappa shape index (κ2) is 9.93. The van der Waals surface area contributed by atoms with E-state index in [0.29, 0.717) is 42.8 Å². The molecule has 0 bridgehead atoms. The van der Waals surface area contributed by atoms with Crippen LogP contribution in [0.1, 0.15) is 52.0 Å². The lowest BCUT2D eigenvalue weighted by Crippen LogP contribution is -2.36. The lowest BCUT2D eigenvalue weighted by atomic mass is 9.92. The Kier molecular flexibility index (Phi) is 7.44. The summed E-state index contributed by atoms with van der Waals surface area (Å²) in [6.45, 7) is 8.75. The van der Waals surface area contributed by atoms with Crippen LogP contribution in [-0.4, -0.2) is 24.7 Å². The number of nitrogens with two attached hydrogens (primary N) is 1. The largest absolute Gasteiger partial charge is 0.460 e. The molecule has 0 radical (unpaired) electrons. The minimum atomic E-state index is -1.12. The van der Waals surface area contributed by atoms with Gasteiger partial charge in [0.2, 0.25) is 0 Å². The zero-order valence-corrected chi connectivity index (χ0v) is 19.5. The summed E-state index contributed by atoms with van der Waals surface area (Å²) in [5.74, 6) is -3.62. The third-order valence-corrected chi connectivity index (χ3v) is 5.60. The normalized spacial score (nSPS) is 16.6. The van der Waals surface area contributed by atoms with E-state index in [4.69, 9.17) is 15.2 Å². The van der Waals surface area contributed by atoms with Crippen LogP contribution in [0, 0.1) is 30.3 Å². The molecule has 1 aliphatic rings. The minimum absolute atomic E-state index is 0.214. The van der Waals surface area contributed by atoms with Gasteiger partial charge in [-0.15, -0.1) is 0 Å². The highest BCUT2D eigenvalue weighted by Crippen LogP contribution is 2.39. The third-order valence-electron chi connectivity index (χ3n) is 5.60. The van der Waals surface area contributed by atoms with Crippen LogP contribution in [0.4, 0.5) is 24.5 Å². The average Bonchev–Trinajstić information content (AvgIpc) is 2.70. The molecule has 0 amide bonds. The van der Waals surface area contributed by atoms with E-state index in [9.17, 15) is 18.0 Å². The van der Waals surface area contributed by atoms with Crippen molar-refractivity contribution in [2.24, 2.45) is 5.92 Å². The Bertz CT molecular complexity index is 998. The number of benzene rings is 2. The molecule has 180 valence electrons. The zero-order chi connectivity index (χ0) is 24.3. The van der Waals surface area contributed by atoms with Crippen molar-refractivity contribution in [3.63, 3.8) is 0 Å². The summed E-state index contributed by atoms with van der Waals surface area (Å²) in [7, 11) is 0. The first kappa shape index (κ1) is 24.7. The molecule has 33 heavy (non-hydrogen) atoms. The third kappa shape index (κ3) is 6.33. The topological polar surface area (TPSA) is 64.8 Å². The SMILES string of the molecule is Cc1c(Oc2c(F)cc(F)cc2F)ccc(N)c1N1CCC[C@@H](CCC(=O)OC(C)(C)C)C1. The molecule has 3 rings (SSSR count). The van der Waals surface area contributed by atoms with Crippen LogP contribution < -0.4 is 15.4 Å². The van der Waals surface area contributed by atoms with Crippen LogP contribution in [0.15, 0.2) is 24.3 Å². The molecule has 2 aromatic carbocycles. The average molecular weight is 465 g/mol. The minimum Gasteiger partial charge on any atom is -0.460 e. The maximum Gasteiger partial charge on any atom is 0.306 e. The molecular formula is C25H31F3N2O3. The molecular weight excluding hydrogens is 433 g/mol. The number of halogens is 3. The molecule has 1 heterocycles. The van der Waals surface area contributed by atoms with Gasteiger partial charge in [0, 0.05) is 37.2 Å². The lowest BCUT2D eigenvalue weighted by molar-refractivity contribution is -0.155. The number of carbonyl (C=O) groups excluding carboxylic acids is 1. The predicted molar refractivity (Wildman–Crippen MR) is 122 cm³/mol. The predicted octanol–water partition coefficient (Wildman–Crippen LogP) is 6.13. The van der Waals surface area contributed by atoms with Gasteiger partial charge in [0.05, 0.1) is 11.4 Å². The van der Waals surface area contributed by atoms with E-state index in [2.05, 4.69) is 4.90 Å². The van der Waals surface area contributed by atoms with E-state index in [1.54, 1.807) is 19.1 Å². The van der Waals surface area contributed by atoms with Crippen LogP contribution in [0.25, 0.3) is 0 Å². The van der Waals surface area contributed by atoms with E-state index in [1.165, 1.54) is 0 Å². The second-order valence-electron chi connectivity index (χ2n) is 9.51. The number of nitrogens with zero attached hydrogens (tertiary/aromatic N) is 1. The number of nitrogen functional groups attached to an aromatic ring is 1. The Morgan fingerprint density at radius 2 is 1.85 bits per heavy atom. The van der Waals surface area contributed by atoms with Crippen molar-refractivity contribution in [3.8, 4) is 11.5 Å². The monoisotopic (exact) mass is 464 g/mol. The molecule has 0 aliphatic carbocycles. The lowest BCUT2D eigenvalue weighted by Gasteiger charge is -2.36. The highest BCUT2D eigenvalue weighted by atomic mass is 19.1. The molecule has 0 saturated carbocycles. The van der Waals surface area contributed by atoms with Gasteiger partial charge in [-0.05, 0) is 65.0 Å². The molecule has 1 fully saturated rings. The van der Waals surface area contributed by atoms with E-state index in [-0.39, 0.29) is 17.6 Å². The van der Waals surface area contributed by atoms with E-state index >= 15 is 0 Å². The Balaban J connectivity index is 1.76. The Hall–Kier alpha value is -2.90.